The second-order valence-corrected chi connectivity index (χ2v) is 9.02. The molecule has 1 N–H and O–H groups in total. The first-order valence-corrected chi connectivity index (χ1v) is 11.9. The van der Waals surface area contributed by atoms with E-state index < -0.39 is 17.8 Å². The maximum atomic E-state index is 13.3. The van der Waals surface area contributed by atoms with Gasteiger partial charge in [-0.15, -0.1) is 0 Å². The zero-order chi connectivity index (χ0) is 26.3. The molecule has 196 valence electrons. The molecular formula is C28H28F4N2O3. The Kier molecular flexibility index (Phi) is 8.91. The first-order chi connectivity index (χ1) is 17.8. The van der Waals surface area contributed by atoms with Gasteiger partial charge in [-0.25, -0.2) is 4.39 Å². The molecule has 0 bridgehead atoms. The molecule has 0 radical (unpaired) electrons. The molecule has 2 atom stereocenters. The minimum absolute atomic E-state index is 0.0663. The van der Waals surface area contributed by atoms with Crippen molar-refractivity contribution in [3.8, 4) is 0 Å². The Bertz CT molecular complexity index is 1170. The van der Waals surface area contributed by atoms with Crippen molar-refractivity contribution >= 4 is 5.71 Å². The predicted octanol–water partition coefficient (Wildman–Crippen LogP) is 5.42. The summed E-state index contributed by atoms with van der Waals surface area (Å²) in [7, 11) is 0. The van der Waals surface area contributed by atoms with Crippen molar-refractivity contribution in [3.63, 3.8) is 0 Å². The number of nitrogens with zero attached hydrogens (tertiary/aromatic N) is 2. The van der Waals surface area contributed by atoms with Crippen molar-refractivity contribution in [2.45, 2.75) is 38.0 Å². The van der Waals surface area contributed by atoms with E-state index in [9.17, 15) is 22.7 Å². The first-order valence-electron chi connectivity index (χ1n) is 11.9. The predicted molar refractivity (Wildman–Crippen MR) is 131 cm³/mol. The van der Waals surface area contributed by atoms with E-state index in [1.54, 1.807) is 18.2 Å². The number of hydrogen-bond donors (Lipinski definition) is 1. The molecular weight excluding hydrogens is 488 g/mol. The Balaban J connectivity index is 1.39. The van der Waals surface area contributed by atoms with Crippen LogP contribution in [-0.2, 0) is 28.9 Å². The maximum Gasteiger partial charge on any atom is 0.416 e. The van der Waals surface area contributed by atoms with E-state index >= 15 is 0 Å². The van der Waals surface area contributed by atoms with Gasteiger partial charge in [0.2, 0.25) is 0 Å². The third-order valence-corrected chi connectivity index (χ3v) is 5.92. The number of aliphatic hydroxyl groups excluding tert-OH is 1. The molecule has 2 unspecified atom stereocenters. The van der Waals surface area contributed by atoms with Crippen molar-refractivity contribution < 1.29 is 32.2 Å². The van der Waals surface area contributed by atoms with Crippen LogP contribution in [-0.4, -0.2) is 47.6 Å². The van der Waals surface area contributed by atoms with Crippen LogP contribution in [0, 0.1) is 5.82 Å². The summed E-state index contributed by atoms with van der Waals surface area (Å²) in [4.78, 5) is 7.41. The van der Waals surface area contributed by atoms with Crippen LogP contribution in [0.4, 0.5) is 17.6 Å². The summed E-state index contributed by atoms with van der Waals surface area (Å²) in [6.45, 7) is 1.06. The lowest BCUT2D eigenvalue weighted by Crippen LogP contribution is -2.39. The molecule has 0 aromatic heterocycles. The lowest BCUT2D eigenvalue weighted by atomic mass is 10.0. The number of alkyl halides is 3. The number of hydrogen-bond acceptors (Lipinski definition) is 5. The molecule has 0 saturated heterocycles. The summed E-state index contributed by atoms with van der Waals surface area (Å²) in [5.74, 6) is -0.351. The molecule has 1 aliphatic rings. The van der Waals surface area contributed by atoms with Crippen LogP contribution in [0.25, 0.3) is 0 Å². The normalized spacial score (nSPS) is 16.5. The van der Waals surface area contributed by atoms with Crippen LogP contribution in [0.2, 0.25) is 0 Å². The van der Waals surface area contributed by atoms with E-state index in [1.165, 1.54) is 18.2 Å². The van der Waals surface area contributed by atoms with Crippen molar-refractivity contribution in [2.75, 3.05) is 19.7 Å². The molecule has 1 aliphatic heterocycles. The summed E-state index contributed by atoms with van der Waals surface area (Å²) < 4.78 is 58.6. The molecule has 0 aliphatic carbocycles. The summed E-state index contributed by atoms with van der Waals surface area (Å²) in [5, 5.41) is 14.8. The second kappa shape index (κ2) is 12.3. The van der Waals surface area contributed by atoms with Gasteiger partial charge >= 0.3 is 6.18 Å². The third-order valence-electron chi connectivity index (χ3n) is 5.92. The van der Waals surface area contributed by atoms with Gasteiger partial charge in [0.1, 0.15) is 11.9 Å². The Labute approximate surface area is 212 Å². The van der Waals surface area contributed by atoms with Crippen LogP contribution in [0.15, 0.2) is 84.0 Å². The molecule has 9 heteroatoms. The highest BCUT2D eigenvalue weighted by atomic mass is 19.4. The SMILES string of the molecule is OC(COCc1ccccc1)CN(Cc1cccc(C(F)(F)F)c1)CC1CC(c2ccc(F)cc2)=NO1. The molecule has 37 heavy (non-hydrogen) atoms. The smallest absolute Gasteiger partial charge is 0.390 e. The molecule has 4 rings (SSSR count). The Morgan fingerprint density at radius 3 is 2.46 bits per heavy atom. The van der Waals surface area contributed by atoms with Crippen molar-refractivity contribution in [3.05, 3.63) is 107 Å². The van der Waals surface area contributed by atoms with E-state index in [0.717, 1.165) is 23.3 Å². The fraction of sp³-hybridized carbons (Fsp3) is 0.321. The highest BCUT2D eigenvalue weighted by molar-refractivity contribution is 6.01. The van der Waals surface area contributed by atoms with E-state index in [4.69, 9.17) is 9.57 Å². The van der Waals surface area contributed by atoms with Crippen LogP contribution in [0.1, 0.15) is 28.7 Å². The number of halogens is 4. The average Bonchev–Trinajstić information content (AvgIpc) is 3.33. The lowest BCUT2D eigenvalue weighted by Gasteiger charge is -2.27. The zero-order valence-electron chi connectivity index (χ0n) is 20.1. The Morgan fingerprint density at radius 1 is 1.00 bits per heavy atom. The van der Waals surface area contributed by atoms with Crippen LogP contribution in [0.3, 0.4) is 0 Å². The molecule has 3 aromatic carbocycles. The molecule has 0 saturated carbocycles. The number of oxime groups is 1. The minimum Gasteiger partial charge on any atom is -0.390 e. The average molecular weight is 517 g/mol. The molecule has 5 nitrogen and oxygen atoms in total. The second-order valence-electron chi connectivity index (χ2n) is 9.02. The van der Waals surface area contributed by atoms with Gasteiger partial charge in [-0.3, -0.25) is 4.90 Å². The van der Waals surface area contributed by atoms with Crippen molar-refractivity contribution in [1.82, 2.24) is 4.90 Å². The molecule has 3 aromatic rings. The maximum absolute atomic E-state index is 13.3. The number of benzene rings is 3. The van der Waals surface area contributed by atoms with Crippen LogP contribution >= 0.6 is 0 Å². The fourth-order valence-corrected chi connectivity index (χ4v) is 4.17. The quantitative estimate of drug-likeness (QED) is 0.346. The standard InChI is InChI=1S/C28H28F4N2O3/c29-24-11-9-22(10-12-24)27-14-26(37-33-27)17-34(15-21-7-4-8-23(13-21)28(30,31)32)16-25(35)19-36-18-20-5-2-1-3-6-20/h1-13,25-26,35H,14-19H2. The topological polar surface area (TPSA) is 54.3 Å². The van der Waals surface area contributed by atoms with E-state index in [2.05, 4.69) is 5.16 Å². The summed E-state index contributed by atoms with van der Waals surface area (Å²) >= 11 is 0. The van der Waals surface area contributed by atoms with Gasteiger partial charge in [-0.05, 0) is 34.9 Å². The Hall–Kier alpha value is -3.27. The first kappa shape index (κ1) is 26.8. The third kappa shape index (κ3) is 8.11. The monoisotopic (exact) mass is 516 g/mol. The van der Waals surface area contributed by atoms with Crippen molar-refractivity contribution in [1.29, 1.82) is 0 Å². The fourth-order valence-electron chi connectivity index (χ4n) is 4.17. The zero-order valence-corrected chi connectivity index (χ0v) is 20.1. The number of aliphatic hydroxyl groups is 1. The van der Waals surface area contributed by atoms with Gasteiger partial charge in [0.25, 0.3) is 0 Å². The molecule has 1 heterocycles. The largest absolute Gasteiger partial charge is 0.416 e. The van der Waals surface area contributed by atoms with E-state index in [-0.39, 0.29) is 31.6 Å². The lowest BCUT2D eigenvalue weighted by molar-refractivity contribution is -0.137. The van der Waals surface area contributed by atoms with E-state index in [0.29, 0.717) is 30.8 Å². The highest BCUT2D eigenvalue weighted by Gasteiger charge is 2.31. The summed E-state index contributed by atoms with van der Waals surface area (Å²) in [5.41, 5.74) is 2.11. The van der Waals surface area contributed by atoms with Crippen LogP contribution < -0.4 is 0 Å². The number of ether oxygens (including phenoxy) is 1. The van der Waals surface area contributed by atoms with Gasteiger partial charge in [-0.2, -0.15) is 13.2 Å². The van der Waals surface area contributed by atoms with Gasteiger partial charge in [0.15, 0.2) is 0 Å². The van der Waals surface area contributed by atoms with Gasteiger partial charge < -0.3 is 14.7 Å². The highest BCUT2D eigenvalue weighted by Crippen LogP contribution is 2.30. The van der Waals surface area contributed by atoms with E-state index in [1.807, 2.05) is 35.2 Å². The number of rotatable bonds is 11. The Morgan fingerprint density at radius 2 is 1.73 bits per heavy atom. The summed E-state index contributed by atoms with van der Waals surface area (Å²) in [6.07, 6.45) is -5.24. The van der Waals surface area contributed by atoms with Crippen LogP contribution in [0.5, 0.6) is 0 Å². The molecule has 0 amide bonds. The molecule has 0 fully saturated rings. The molecule has 0 spiro atoms. The van der Waals surface area contributed by atoms with Gasteiger partial charge in [-0.1, -0.05) is 65.8 Å². The van der Waals surface area contributed by atoms with Gasteiger partial charge in [0.05, 0.1) is 30.6 Å². The van der Waals surface area contributed by atoms with Crippen molar-refractivity contribution in [2.24, 2.45) is 5.16 Å². The summed E-state index contributed by atoms with van der Waals surface area (Å²) in [6, 6.07) is 20.6. The minimum atomic E-state index is -4.45. The van der Waals surface area contributed by atoms with Gasteiger partial charge in [0, 0.05) is 26.1 Å².